The number of fused-ring (bicyclic) bond motifs is 1. The Morgan fingerprint density at radius 1 is 1.36 bits per heavy atom. The number of amides is 1. The van der Waals surface area contributed by atoms with Crippen molar-refractivity contribution in [2.24, 2.45) is 5.41 Å². The molecule has 0 spiro atoms. The topological polar surface area (TPSA) is 73.3 Å². The summed E-state index contributed by atoms with van der Waals surface area (Å²) in [5.41, 5.74) is -0.402. The maximum absolute atomic E-state index is 12.1. The Balaban J connectivity index is 1.64. The molecule has 2 aliphatic heterocycles. The van der Waals surface area contributed by atoms with E-state index in [0.29, 0.717) is 39.3 Å². The van der Waals surface area contributed by atoms with Gasteiger partial charge in [0, 0.05) is 32.7 Å². The van der Waals surface area contributed by atoms with E-state index in [1.807, 2.05) is 6.92 Å². The quantitative estimate of drug-likeness (QED) is 0.598. The van der Waals surface area contributed by atoms with Crippen LogP contribution in [0.4, 0.5) is 4.79 Å². The lowest BCUT2D eigenvalue weighted by molar-refractivity contribution is -0.150. The number of esters is 1. The van der Waals surface area contributed by atoms with Crippen LogP contribution in [0.5, 0.6) is 0 Å². The van der Waals surface area contributed by atoms with Crippen molar-refractivity contribution in [3.05, 3.63) is 0 Å². The number of carboxylic acid groups (broad SMARTS) is 1. The summed E-state index contributed by atoms with van der Waals surface area (Å²) in [7, 11) is 0. The summed E-state index contributed by atoms with van der Waals surface area (Å²) in [6.45, 7) is 5.05. The number of nitrogens with zero attached hydrogens (tertiary/aromatic N) is 3. The van der Waals surface area contributed by atoms with Crippen LogP contribution in [-0.2, 0) is 9.53 Å². The van der Waals surface area contributed by atoms with Gasteiger partial charge in [0.25, 0.3) is 0 Å². The third-order valence-corrected chi connectivity index (χ3v) is 5.25. The Morgan fingerprint density at radius 3 is 2.68 bits per heavy atom. The van der Waals surface area contributed by atoms with Crippen LogP contribution in [0.3, 0.4) is 0 Å². The summed E-state index contributed by atoms with van der Waals surface area (Å²) in [4.78, 5) is 28.8. The minimum Gasteiger partial charge on any atom is -0.466 e. The van der Waals surface area contributed by atoms with Gasteiger partial charge in [0.15, 0.2) is 5.11 Å². The molecule has 0 aromatic heterocycles. The van der Waals surface area contributed by atoms with Crippen LogP contribution in [0.2, 0.25) is 0 Å². The third-order valence-electron chi connectivity index (χ3n) is 4.76. The summed E-state index contributed by atoms with van der Waals surface area (Å²) in [5, 5.41) is 9.86. The average molecular weight is 327 g/mol. The largest absolute Gasteiger partial charge is 0.466 e. The Morgan fingerprint density at radius 2 is 2.09 bits per heavy atom. The molecular formula is C14H21N3O4S. The molecule has 3 fully saturated rings. The predicted octanol–water partition coefficient (Wildman–Crippen LogP) is 0.594. The first kappa shape index (κ1) is 15.3. The molecule has 1 amide bonds. The first-order valence-corrected chi connectivity index (χ1v) is 8.08. The number of hydrogen-bond donors (Lipinski definition) is 1. The van der Waals surface area contributed by atoms with Crippen molar-refractivity contribution >= 4 is 29.4 Å². The van der Waals surface area contributed by atoms with E-state index < -0.39 is 11.5 Å². The van der Waals surface area contributed by atoms with E-state index in [1.165, 1.54) is 4.90 Å². The lowest BCUT2D eigenvalue weighted by Gasteiger charge is -2.35. The number of piperazine rings is 1. The van der Waals surface area contributed by atoms with Crippen molar-refractivity contribution in [1.82, 2.24) is 14.7 Å². The van der Waals surface area contributed by atoms with Gasteiger partial charge in [-0.3, -0.25) is 4.79 Å². The fourth-order valence-corrected chi connectivity index (χ4v) is 3.69. The number of thiocarbonyl (C=S) groups is 1. The van der Waals surface area contributed by atoms with E-state index in [2.05, 4.69) is 9.80 Å². The highest BCUT2D eigenvalue weighted by Gasteiger charge is 2.54. The van der Waals surface area contributed by atoms with Crippen LogP contribution in [0.1, 0.15) is 19.8 Å². The monoisotopic (exact) mass is 327 g/mol. The normalized spacial score (nSPS) is 26.0. The molecule has 1 aliphatic carbocycles. The standard InChI is InChI=1S/C14H21N3O4S/c1-2-21-11(18)14(3-4-14)9-16-8-10-7-15(13(19)20)5-6-17(10)12(16)22/h10H,2-9H2,1H3,(H,19,20). The molecule has 2 saturated heterocycles. The van der Waals surface area contributed by atoms with Gasteiger partial charge in [-0.05, 0) is 32.0 Å². The summed E-state index contributed by atoms with van der Waals surface area (Å²) >= 11 is 5.52. The molecule has 1 unspecified atom stereocenters. The Bertz CT molecular complexity index is 508. The molecule has 0 aromatic carbocycles. The Hall–Kier alpha value is -1.57. The Kier molecular flexibility index (Phi) is 3.88. The zero-order valence-corrected chi connectivity index (χ0v) is 13.5. The number of carbonyl (C=O) groups is 2. The van der Waals surface area contributed by atoms with Gasteiger partial charge in [-0.1, -0.05) is 0 Å². The van der Waals surface area contributed by atoms with Crippen LogP contribution in [0, 0.1) is 5.41 Å². The third kappa shape index (κ3) is 2.60. The molecule has 2 heterocycles. The summed E-state index contributed by atoms with van der Waals surface area (Å²) in [5.74, 6) is -0.130. The van der Waals surface area contributed by atoms with E-state index in [0.717, 1.165) is 18.0 Å². The second kappa shape index (κ2) is 5.57. The molecule has 0 bridgehead atoms. The van der Waals surface area contributed by atoms with E-state index in [-0.39, 0.29) is 12.0 Å². The van der Waals surface area contributed by atoms with Gasteiger partial charge in [0.1, 0.15) is 0 Å². The number of carbonyl (C=O) groups excluding carboxylic acids is 1. The van der Waals surface area contributed by atoms with Gasteiger partial charge < -0.3 is 24.5 Å². The van der Waals surface area contributed by atoms with Crippen LogP contribution in [0.25, 0.3) is 0 Å². The predicted molar refractivity (Wildman–Crippen MR) is 82.6 cm³/mol. The second-order valence-electron chi connectivity index (χ2n) is 6.24. The smallest absolute Gasteiger partial charge is 0.407 e. The fourth-order valence-electron chi connectivity index (χ4n) is 3.31. The molecule has 3 aliphatic rings. The average Bonchev–Trinajstić information content (AvgIpc) is 3.20. The van der Waals surface area contributed by atoms with Gasteiger partial charge in [-0.25, -0.2) is 4.79 Å². The lowest BCUT2D eigenvalue weighted by Crippen LogP contribution is -2.53. The van der Waals surface area contributed by atoms with Gasteiger partial charge in [-0.2, -0.15) is 0 Å². The highest BCUT2D eigenvalue weighted by Crippen LogP contribution is 2.48. The molecule has 7 nitrogen and oxygen atoms in total. The minimum atomic E-state index is -0.880. The number of hydrogen-bond acceptors (Lipinski definition) is 4. The number of rotatable bonds is 4. The molecule has 122 valence electrons. The molecule has 1 atom stereocenters. The molecule has 0 aromatic rings. The van der Waals surface area contributed by atoms with Crippen LogP contribution < -0.4 is 0 Å². The highest BCUT2D eigenvalue weighted by molar-refractivity contribution is 7.80. The first-order chi connectivity index (χ1) is 10.5. The van der Waals surface area contributed by atoms with Gasteiger partial charge in [0.2, 0.25) is 0 Å². The maximum atomic E-state index is 12.1. The van der Waals surface area contributed by atoms with E-state index in [9.17, 15) is 9.59 Å². The maximum Gasteiger partial charge on any atom is 0.407 e. The van der Waals surface area contributed by atoms with Crippen LogP contribution in [0.15, 0.2) is 0 Å². The van der Waals surface area contributed by atoms with Gasteiger partial charge in [-0.15, -0.1) is 0 Å². The second-order valence-corrected chi connectivity index (χ2v) is 6.60. The van der Waals surface area contributed by atoms with Crippen molar-refractivity contribution in [3.63, 3.8) is 0 Å². The van der Waals surface area contributed by atoms with E-state index in [4.69, 9.17) is 22.1 Å². The van der Waals surface area contributed by atoms with Gasteiger partial charge >= 0.3 is 12.1 Å². The van der Waals surface area contributed by atoms with Crippen molar-refractivity contribution in [1.29, 1.82) is 0 Å². The van der Waals surface area contributed by atoms with Crippen molar-refractivity contribution in [3.8, 4) is 0 Å². The van der Waals surface area contributed by atoms with Crippen molar-refractivity contribution < 1.29 is 19.4 Å². The van der Waals surface area contributed by atoms with Crippen LogP contribution in [-0.4, -0.2) is 82.4 Å². The zero-order valence-electron chi connectivity index (χ0n) is 12.7. The van der Waals surface area contributed by atoms with E-state index in [1.54, 1.807) is 0 Å². The van der Waals surface area contributed by atoms with Crippen LogP contribution >= 0.6 is 12.2 Å². The van der Waals surface area contributed by atoms with Crippen molar-refractivity contribution in [2.45, 2.75) is 25.8 Å². The van der Waals surface area contributed by atoms with Crippen molar-refractivity contribution in [2.75, 3.05) is 39.3 Å². The molecular weight excluding hydrogens is 306 g/mol. The molecule has 8 heteroatoms. The SMILES string of the molecule is CCOC(=O)C1(CN2CC3CN(C(=O)O)CCN3C2=S)CC1. The summed E-state index contributed by atoms with van der Waals surface area (Å²) in [6, 6.07) is 0.0929. The summed E-state index contributed by atoms with van der Waals surface area (Å²) in [6.07, 6.45) is 0.808. The number of ether oxygens (including phenoxy) is 1. The molecule has 0 radical (unpaired) electrons. The fraction of sp³-hybridized carbons (Fsp3) is 0.786. The molecule has 1 N–H and O–H groups in total. The minimum absolute atomic E-state index is 0.0929. The zero-order chi connectivity index (χ0) is 15.9. The Labute approximate surface area is 134 Å². The molecule has 3 rings (SSSR count). The first-order valence-electron chi connectivity index (χ1n) is 7.67. The van der Waals surface area contributed by atoms with E-state index >= 15 is 0 Å². The lowest BCUT2D eigenvalue weighted by atomic mass is 10.1. The molecule has 22 heavy (non-hydrogen) atoms. The summed E-state index contributed by atoms with van der Waals surface area (Å²) < 4.78 is 5.17. The van der Waals surface area contributed by atoms with Gasteiger partial charge in [0.05, 0.1) is 18.1 Å². The highest BCUT2D eigenvalue weighted by atomic mass is 32.1. The molecule has 1 saturated carbocycles.